The van der Waals surface area contributed by atoms with E-state index in [-0.39, 0.29) is 12.5 Å². The minimum absolute atomic E-state index is 0.115. The molecule has 0 fully saturated rings. The van der Waals surface area contributed by atoms with Gasteiger partial charge in [-0.2, -0.15) is 0 Å². The highest BCUT2D eigenvalue weighted by Crippen LogP contribution is 2.15. The van der Waals surface area contributed by atoms with Gasteiger partial charge in [-0.15, -0.1) is 0 Å². The molecule has 0 saturated carbocycles. The predicted octanol–water partition coefficient (Wildman–Crippen LogP) is 0.440. The van der Waals surface area contributed by atoms with Crippen molar-refractivity contribution in [3.8, 4) is 5.75 Å². The van der Waals surface area contributed by atoms with Crippen LogP contribution in [0.5, 0.6) is 5.75 Å². The molecule has 0 atom stereocenters. The number of rotatable bonds is 45. The van der Waals surface area contributed by atoms with Crippen molar-refractivity contribution in [1.29, 1.82) is 0 Å². The van der Waals surface area contributed by atoms with Gasteiger partial charge in [0, 0.05) is 19.2 Å². The van der Waals surface area contributed by atoms with E-state index in [0.29, 0.717) is 177 Å². The van der Waals surface area contributed by atoms with Gasteiger partial charge in [0.1, 0.15) is 25.6 Å². The summed E-state index contributed by atoms with van der Waals surface area (Å²) < 4.78 is 75.8. The summed E-state index contributed by atoms with van der Waals surface area (Å²) in [5.74, 6) is -0.937. The molecule has 0 saturated heterocycles. The quantitative estimate of drug-likeness (QED) is 0.0758. The van der Waals surface area contributed by atoms with E-state index in [1.54, 1.807) is 24.3 Å². The van der Waals surface area contributed by atoms with Crippen LogP contribution in [0.4, 0.5) is 5.69 Å². The molecule has 0 aliphatic heterocycles. The van der Waals surface area contributed by atoms with Crippen LogP contribution in [0.2, 0.25) is 0 Å². The Labute approximate surface area is 341 Å². The second-order valence-corrected chi connectivity index (χ2v) is 11.6. The van der Waals surface area contributed by atoms with Crippen molar-refractivity contribution >= 4 is 23.5 Å². The van der Waals surface area contributed by atoms with Crippen molar-refractivity contribution < 1.29 is 85.8 Å². The largest absolute Gasteiger partial charge is 0.491 e. The highest BCUT2D eigenvalue weighted by atomic mass is 16.6. The molecule has 2 amide bonds. The molecule has 20 nitrogen and oxygen atoms in total. The summed E-state index contributed by atoms with van der Waals surface area (Å²) >= 11 is 0. The van der Waals surface area contributed by atoms with E-state index in [2.05, 4.69) is 15.4 Å². The van der Waals surface area contributed by atoms with Gasteiger partial charge in [0.25, 0.3) is 0 Å². The van der Waals surface area contributed by atoms with Crippen LogP contribution in [0.15, 0.2) is 24.3 Å². The monoisotopic (exact) mass is 838 g/mol. The van der Waals surface area contributed by atoms with Gasteiger partial charge in [0.2, 0.25) is 11.8 Å². The van der Waals surface area contributed by atoms with Gasteiger partial charge in [-0.25, -0.2) is 4.79 Å². The first kappa shape index (κ1) is 52.9. The zero-order valence-electron chi connectivity index (χ0n) is 34.0. The normalized spacial score (nSPS) is 11.2. The molecule has 0 bridgehead atoms. The van der Waals surface area contributed by atoms with Crippen LogP contribution >= 0.6 is 0 Å². The molecule has 0 radical (unpaired) electrons. The van der Waals surface area contributed by atoms with Gasteiger partial charge in [0.15, 0.2) is 0 Å². The van der Waals surface area contributed by atoms with Crippen molar-refractivity contribution in [3.05, 3.63) is 24.3 Å². The minimum atomic E-state index is -1.13. The van der Waals surface area contributed by atoms with E-state index in [1.807, 2.05) is 0 Å². The van der Waals surface area contributed by atoms with E-state index < -0.39 is 18.5 Å². The molecular formula is C38H66N2O18. The van der Waals surface area contributed by atoms with Crippen molar-refractivity contribution in [2.45, 2.75) is 6.92 Å². The third kappa shape index (κ3) is 39.7. The molecule has 0 aliphatic rings. The van der Waals surface area contributed by atoms with Gasteiger partial charge in [-0.05, 0) is 24.3 Å². The topological polar surface area (TPSA) is 225 Å². The summed E-state index contributed by atoms with van der Waals surface area (Å²) in [5.41, 5.74) is 0.724. The van der Waals surface area contributed by atoms with Gasteiger partial charge >= 0.3 is 5.97 Å². The van der Waals surface area contributed by atoms with Crippen LogP contribution in [-0.2, 0) is 76.0 Å². The van der Waals surface area contributed by atoms with Gasteiger partial charge in [-0.3, -0.25) is 9.59 Å². The number of anilines is 1. The number of ether oxygens (including phenoxy) is 14. The first-order chi connectivity index (χ1) is 28.5. The van der Waals surface area contributed by atoms with Gasteiger partial charge in [-0.1, -0.05) is 0 Å². The number of carboxylic acid groups (broad SMARTS) is 1. The number of hydrogen-bond donors (Lipinski definition) is 3. The number of benzene rings is 1. The van der Waals surface area contributed by atoms with E-state index in [9.17, 15) is 14.4 Å². The summed E-state index contributed by atoms with van der Waals surface area (Å²) in [6, 6.07) is 7.15. The van der Waals surface area contributed by atoms with Crippen molar-refractivity contribution in [2.75, 3.05) is 190 Å². The van der Waals surface area contributed by atoms with Crippen LogP contribution in [-0.4, -0.2) is 208 Å². The maximum Gasteiger partial charge on any atom is 0.329 e. The standard InChI is InChI=1S/C38H66N2O18/c1-34(41)40-35-2-4-36(5-3-35)58-31-30-56-29-28-55-27-26-54-25-24-53-23-22-52-21-20-51-19-18-50-17-16-49-15-14-48-13-12-47-11-10-46-9-8-45-7-6-39-37(42)32-57-33-38(43)44/h2-5H,6-33H2,1H3,(H,39,42)(H,40,41)(H,43,44). The van der Waals surface area contributed by atoms with Gasteiger partial charge < -0.3 is 82.1 Å². The summed E-state index contributed by atoms with van der Waals surface area (Å²) in [4.78, 5) is 32.7. The molecule has 0 aromatic heterocycles. The molecule has 1 aromatic carbocycles. The van der Waals surface area contributed by atoms with Gasteiger partial charge in [0.05, 0.1) is 159 Å². The molecule has 0 unspecified atom stereocenters. The Morgan fingerprint density at radius 3 is 1.05 bits per heavy atom. The van der Waals surface area contributed by atoms with Crippen LogP contribution in [0, 0.1) is 0 Å². The molecule has 0 heterocycles. The zero-order chi connectivity index (χ0) is 41.8. The molecular weight excluding hydrogens is 772 g/mol. The van der Waals surface area contributed by atoms with E-state index in [4.69, 9.17) is 66.7 Å². The Balaban J connectivity index is 1.64. The smallest absolute Gasteiger partial charge is 0.329 e. The molecule has 0 spiro atoms. The summed E-state index contributed by atoms with van der Waals surface area (Å²) in [5, 5.41) is 13.7. The number of carbonyl (C=O) groups is 3. The molecule has 20 heteroatoms. The fraction of sp³-hybridized carbons (Fsp3) is 0.763. The molecule has 3 N–H and O–H groups in total. The molecule has 0 aliphatic carbocycles. The second-order valence-electron chi connectivity index (χ2n) is 11.6. The van der Waals surface area contributed by atoms with Crippen LogP contribution in [0.25, 0.3) is 0 Å². The third-order valence-corrected chi connectivity index (χ3v) is 6.79. The number of carbonyl (C=O) groups excluding carboxylic acids is 2. The Morgan fingerprint density at radius 1 is 0.431 bits per heavy atom. The lowest BCUT2D eigenvalue weighted by Crippen LogP contribution is -2.31. The lowest BCUT2D eigenvalue weighted by molar-refractivity contribution is -0.143. The fourth-order valence-corrected chi connectivity index (χ4v) is 4.12. The van der Waals surface area contributed by atoms with Crippen LogP contribution in [0.1, 0.15) is 6.92 Å². The predicted molar refractivity (Wildman–Crippen MR) is 208 cm³/mol. The average molecular weight is 839 g/mol. The Bertz CT molecular complexity index is 1090. The maximum absolute atomic E-state index is 11.4. The van der Waals surface area contributed by atoms with E-state index in [1.165, 1.54) is 6.92 Å². The molecule has 58 heavy (non-hydrogen) atoms. The Morgan fingerprint density at radius 2 is 0.741 bits per heavy atom. The van der Waals surface area contributed by atoms with E-state index >= 15 is 0 Å². The van der Waals surface area contributed by atoms with Crippen molar-refractivity contribution in [3.63, 3.8) is 0 Å². The Hall–Kier alpha value is -3.09. The summed E-state index contributed by atoms with van der Waals surface area (Å²) in [6.45, 7) is 12.2. The van der Waals surface area contributed by atoms with Crippen LogP contribution in [0.3, 0.4) is 0 Å². The highest BCUT2D eigenvalue weighted by molar-refractivity contribution is 5.88. The fourth-order valence-electron chi connectivity index (χ4n) is 4.12. The SMILES string of the molecule is CC(=O)Nc1ccc(OCCOCCOCCOCCOCCOCCOCCOCCOCCOCCOCCOCCOCCNC(=O)COCC(=O)O)cc1. The maximum atomic E-state index is 11.4. The number of hydrogen-bond acceptors (Lipinski definition) is 17. The molecule has 1 rings (SSSR count). The second kappa shape index (κ2) is 42.0. The number of aliphatic carboxylic acids is 1. The zero-order valence-corrected chi connectivity index (χ0v) is 34.0. The van der Waals surface area contributed by atoms with Crippen molar-refractivity contribution in [1.82, 2.24) is 5.32 Å². The third-order valence-electron chi connectivity index (χ3n) is 6.79. The molecule has 336 valence electrons. The number of carboxylic acids is 1. The summed E-state index contributed by atoms with van der Waals surface area (Å²) in [7, 11) is 0. The lowest BCUT2D eigenvalue weighted by Gasteiger charge is -2.09. The van der Waals surface area contributed by atoms with Crippen LogP contribution < -0.4 is 15.4 Å². The molecule has 1 aromatic rings. The van der Waals surface area contributed by atoms with Crippen molar-refractivity contribution in [2.24, 2.45) is 0 Å². The number of amides is 2. The first-order valence-electron chi connectivity index (χ1n) is 19.5. The average Bonchev–Trinajstić information content (AvgIpc) is 3.20. The Kier molecular flexibility index (Phi) is 38.4. The number of nitrogens with one attached hydrogen (secondary N) is 2. The lowest BCUT2D eigenvalue weighted by atomic mass is 10.3. The first-order valence-corrected chi connectivity index (χ1v) is 19.5. The summed E-state index contributed by atoms with van der Waals surface area (Å²) in [6.07, 6.45) is 0. The van der Waals surface area contributed by atoms with E-state index in [0.717, 1.165) is 5.69 Å². The minimum Gasteiger partial charge on any atom is -0.491 e. The highest BCUT2D eigenvalue weighted by Gasteiger charge is 2.03.